The van der Waals surface area contributed by atoms with Gasteiger partial charge in [0.25, 0.3) is 0 Å². The summed E-state index contributed by atoms with van der Waals surface area (Å²) in [4.78, 5) is 4.30. The van der Waals surface area contributed by atoms with Crippen LogP contribution in [0.5, 0.6) is 0 Å². The molecule has 2 rings (SSSR count). The van der Waals surface area contributed by atoms with Crippen LogP contribution in [0.25, 0.3) is 5.65 Å². The van der Waals surface area contributed by atoms with Crippen LogP contribution < -0.4 is 11.1 Å². The average molecular weight is 262 g/mol. The molecular formula is C13H22N6. The lowest BCUT2D eigenvalue weighted by Gasteiger charge is -2.23. The third kappa shape index (κ3) is 3.41. The lowest BCUT2D eigenvalue weighted by atomic mass is 9.88. The Morgan fingerprint density at radius 3 is 2.79 bits per heavy atom. The number of aromatic nitrogens is 4. The van der Waals surface area contributed by atoms with Crippen molar-refractivity contribution in [3.8, 4) is 0 Å². The lowest BCUT2D eigenvalue weighted by Crippen LogP contribution is -2.33. The molecule has 0 aliphatic rings. The van der Waals surface area contributed by atoms with E-state index in [1.807, 2.05) is 17.5 Å². The van der Waals surface area contributed by atoms with Crippen molar-refractivity contribution in [3.05, 3.63) is 18.2 Å². The summed E-state index contributed by atoms with van der Waals surface area (Å²) >= 11 is 0. The van der Waals surface area contributed by atoms with Crippen LogP contribution in [0.1, 0.15) is 33.0 Å². The largest absolute Gasteiger partial charge is 0.365 e. The molecule has 3 N–H and O–H groups in total. The van der Waals surface area contributed by atoms with Crippen LogP contribution in [-0.4, -0.2) is 32.2 Å². The van der Waals surface area contributed by atoms with Gasteiger partial charge in [-0.25, -0.2) is 4.98 Å². The molecule has 1 unspecified atom stereocenters. The van der Waals surface area contributed by atoms with Crippen molar-refractivity contribution in [1.82, 2.24) is 19.6 Å². The summed E-state index contributed by atoms with van der Waals surface area (Å²) in [6.07, 6.45) is 4.54. The average Bonchev–Trinajstić information content (AvgIpc) is 2.67. The van der Waals surface area contributed by atoms with Crippen molar-refractivity contribution in [1.29, 1.82) is 0 Å². The van der Waals surface area contributed by atoms with Gasteiger partial charge in [-0.05, 0) is 18.8 Å². The Labute approximate surface area is 113 Å². The summed E-state index contributed by atoms with van der Waals surface area (Å²) in [5.74, 6) is 1.58. The van der Waals surface area contributed by atoms with Gasteiger partial charge in [0.15, 0.2) is 5.82 Å². The predicted molar refractivity (Wildman–Crippen MR) is 76.1 cm³/mol. The third-order valence-corrected chi connectivity index (χ3v) is 2.90. The first-order valence-corrected chi connectivity index (χ1v) is 6.52. The summed E-state index contributed by atoms with van der Waals surface area (Å²) < 4.78 is 1.91. The fourth-order valence-corrected chi connectivity index (χ4v) is 2.15. The summed E-state index contributed by atoms with van der Waals surface area (Å²) in [5.41, 5.74) is 7.09. The second-order valence-corrected chi connectivity index (χ2v) is 6.12. The Morgan fingerprint density at radius 1 is 1.37 bits per heavy atom. The Morgan fingerprint density at radius 2 is 2.11 bits per heavy atom. The van der Waals surface area contributed by atoms with Gasteiger partial charge in [0.1, 0.15) is 5.82 Å². The van der Waals surface area contributed by atoms with Gasteiger partial charge in [-0.1, -0.05) is 20.8 Å². The SMILES string of the molecule is Cc1nnc2c(NCC(N)CC(C)(C)C)nccn12. The predicted octanol–water partition coefficient (Wildman–Crippen LogP) is 1.61. The molecular weight excluding hydrogens is 240 g/mol. The maximum Gasteiger partial charge on any atom is 0.203 e. The summed E-state index contributed by atoms with van der Waals surface area (Å²) in [6.45, 7) is 9.15. The first kappa shape index (κ1) is 13.7. The van der Waals surface area contributed by atoms with E-state index in [1.165, 1.54) is 0 Å². The summed E-state index contributed by atoms with van der Waals surface area (Å²) in [5, 5.41) is 11.4. The molecule has 19 heavy (non-hydrogen) atoms. The van der Waals surface area contributed by atoms with Crippen LogP contribution in [0, 0.1) is 12.3 Å². The van der Waals surface area contributed by atoms with Gasteiger partial charge in [0.2, 0.25) is 5.65 Å². The monoisotopic (exact) mass is 262 g/mol. The number of nitrogens with two attached hydrogens (primary N) is 1. The Kier molecular flexibility index (Phi) is 3.71. The van der Waals surface area contributed by atoms with Gasteiger partial charge >= 0.3 is 0 Å². The van der Waals surface area contributed by atoms with Crippen LogP contribution in [0.15, 0.2) is 12.4 Å². The van der Waals surface area contributed by atoms with Crippen LogP contribution in [-0.2, 0) is 0 Å². The molecule has 104 valence electrons. The number of rotatable bonds is 4. The normalized spacial score (nSPS) is 13.7. The summed E-state index contributed by atoms with van der Waals surface area (Å²) in [7, 11) is 0. The molecule has 0 aromatic carbocycles. The van der Waals surface area contributed by atoms with Crippen molar-refractivity contribution < 1.29 is 0 Å². The minimum absolute atomic E-state index is 0.0890. The van der Waals surface area contributed by atoms with Crippen molar-refractivity contribution >= 4 is 11.5 Å². The van der Waals surface area contributed by atoms with E-state index in [9.17, 15) is 0 Å². The van der Waals surface area contributed by atoms with Gasteiger partial charge in [-0.3, -0.25) is 4.40 Å². The van der Waals surface area contributed by atoms with E-state index in [-0.39, 0.29) is 11.5 Å². The molecule has 0 aliphatic heterocycles. The van der Waals surface area contributed by atoms with Crippen molar-refractivity contribution in [2.24, 2.45) is 11.1 Å². The number of nitrogens with one attached hydrogen (secondary N) is 1. The van der Waals surface area contributed by atoms with E-state index in [2.05, 4.69) is 41.3 Å². The highest BCUT2D eigenvalue weighted by Crippen LogP contribution is 2.20. The molecule has 0 radical (unpaired) electrons. The third-order valence-electron chi connectivity index (χ3n) is 2.90. The molecule has 2 aromatic heterocycles. The van der Waals surface area contributed by atoms with E-state index in [4.69, 9.17) is 5.73 Å². The van der Waals surface area contributed by atoms with Crippen molar-refractivity contribution in [2.75, 3.05) is 11.9 Å². The minimum Gasteiger partial charge on any atom is -0.365 e. The Balaban J connectivity index is 2.06. The maximum absolute atomic E-state index is 6.12. The van der Waals surface area contributed by atoms with Gasteiger partial charge in [0, 0.05) is 25.0 Å². The van der Waals surface area contributed by atoms with Gasteiger partial charge < -0.3 is 11.1 Å². The molecule has 0 saturated heterocycles. The Hall–Kier alpha value is -1.69. The Bertz CT molecular complexity index is 554. The van der Waals surface area contributed by atoms with Gasteiger partial charge in [-0.15, -0.1) is 10.2 Å². The molecule has 0 fully saturated rings. The molecule has 2 aromatic rings. The van der Waals surface area contributed by atoms with Gasteiger partial charge in [0.05, 0.1) is 0 Å². The minimum atomic E-state index is 0.0890. The fourth-order valence-electron chi connectivity index (χ4n) is 2.15. The van der Waals surface area contributed by atoms with Crippen molar-refractivity contribution in [3.63, 3.8) is 0 Å². The highest BCUT2D eigenvalue weighted by molar-refractivity contribution is 5.61. The van der Waals surface area contributed by atoms with Crippen LogP contribution in [0.4, 0.5) is 5.82 Å². The number of hydrogen-bond acceptors (Lipinski definition) is 5. The fraction of sp³-hybridized carbons (Fsp3) is 0.615. The lowest BCUT2D eigenvalue weighted by molar-refractivity contribution is 0.344. The van der Waals surface area contributed by atoms with Crippen LogP contribution in [0.3, 0.4) is 0 Å². The number of aryl methyl sites for hydroxylation is 1. The molecule has 6 heteroatoms. The van der Waals surface area contributed by atoms with E-state index >= 15 is 0 Å². The highest BCUT2D eigenvalue weighted by atomic mass is 15.3. The molecule has 0 bridgehead atoms. The van der Waals surface area contributed by atoms with Gasteiger partial charge in [-0.2, -0.15) is 0 Å². The molecule has 6 nitrogen and oxygen atoms in total. The molecule has 0 aliphatic carbocycles. The summed E-state index contributed by atoms with van der Waals surface area (Å²) in [6, 6.07) is 0.0890. The topological polar surface area (TPSA) is 81.1 Å². The second-order valence-electron chi connectivity index (χ2n) is 6.12. The van der Waals surface area contributed by atoms with Crippen molar-refractivity contribution in [2.45, 2.75) is 40.2 Å². The first-order chi connectivity index (χ1) is 8.87. The first-order valence-electron chi connectivity index (χ1n) is 6.52. The zero-order valence-electron chi connectivity index (χ0n) is 12.0. The smallest absolute Gasteiger partial charge is 0.203 e. The number of anilines is 1. The standard InChI is InChI=1S/C13H22N6/c1-9-17-18-12-11(15-5-6-19(9)12)16-8-10(14)7-13(2,3)4/h5-6,10H,7-8,14H2,1-4H3,(H,15,16). The van der Waals surface area contributed by atoms with E-state index in [0.717, 1.165) is 23.7 Å². The highest BCUT2D eigenvalue weighted by Gasteiger charge is 2.16. The maximum atomic E-state index is 6.12. The van der Waals surface area contributed by atoms with E-state index < -0.39 is 0 Å². The zero-order chi connectivity index (χ0) is 14.0. The molecule has 2 heterocycles. The number of fused-ring (bicyclic) bond motifs is 1. The molecule has 0 amide bonds. The quantitative estimate of drug-likeness (QED) is 0.875. The molecule has 0 spiro atoms. The van der Waals surface area contributed by atoms with Crippen LogP contribution >= 0.6 is 0 Å². The van der Waals surface area contributed by atoms with Crippen LogP contribution in [0.2, 0.25) is 0 Å². The zero-order valence-corrected chi connectivity index (χ0v) is 12.0. The second kappa shape index (κ2) is 5.13. The molecule has 0 saturated carbocycles. The molecule has 1 atom stereocenters. The van der Waals surface area contributed by atoms with E-state index in [0.29, 0.717) is 6.54 Å². The number of nitrogens with zero attached hydrogens (tertiary/aromatic N) is 4. The number of hydrogen-bond donors (Lipinski definition) is 2. The van der Waals surface area contributed by atoms with E-state index in [1.54, 1.807) is 6.20 Å².